The van der Waals surface area contributed by atoms with Crippen molar-refractivity contribution < 1.29 is 26.4 Å². The van der Waals surface area contributed by atoms with Crippen LogP contribution in [0.3, 0.4) is 0 Å². The normalized spacial score (nSPS) is 17.3. The highest BCUT2D eigenvalue weighted by Crippen LogP contribution is 2.36. The zero-order valence-corrected chi connectivity index (χ0v) is 18.7. The van der Waals surface area contributed by atoms with E-state index in [-0.39, 0.29) is 23.1 Å². The van der Waals surface area contributed by atoms with Gasteiger partial charge in [0, 0.05) is 24.5 Å². The van der Waals surface area contributed by atoms with Crippen molar-refractivity contribution in [3.63, 3.8) is 0 Å². The van der Waals surface area contributed by atoms with E-state index >= 15 is 8.78 Å². The number of piperidine rings is 1. The number of amides is 1. The molecule has 1 atom stereocenters. The van der Waals surface area contributed by atoms with Gasteiger partial charge in [0.25, 0.3) is 5.91 Å². The number of halogens is 3. The van der Waals surface area contributed by atoms with Crippen LogP contribution >= 0.6 is 0 Å². The number of aromatic nitrogens is 2. The number of anilines is 1. The SMILES string of the molecule is CNC(=O)c1n[nH]c2c(F)c(-c3c(F)ccc(NS(=O)(=O)C4CCCN(C)C4)c3F)ccc12. The maximum absolute atomic E-state index is 15.3. The first-order valence-electron chi connectivity index (χ1n) is 10.2. The molecule has 0 bridgehead atoms. The summed E-state index contributed by atoms with van der Waals surface area (Å²) in [5, 5.41) is 7.89. The van der Waals surface area contributed by atoms with Crippen LogP contribution in [0.5, 0.6) is 0 Å². The fourth-order valence-electron chi connectivity index (χ4n) is 4.03. The third kappa shape index (κ3) is 4.15. The minimum atomic E-state index is -3.97. The number of sulfonamides is 1. The third-order valence-corrected chi connectivity index (χ3v) is 7.52. The highest BCUT2D eigenvalue weighted by Gasteiger charge is 2.31. The van der Waals surface area contributed by atoms with Gasteiger partial charge in [-0.3, -0.25) is 14.6 Å². The maximum atomic E-state index is 15.3. The number of likely N-dealkylation sites (tertiary alicyclic amines) is 1. The van der Waals surface area contributed by atoms with Gasteiger partial charge in [-0.05, 0) is 44.6 Å². The zero-order chi connectivity index (χ0) is 23.9. The minimum absolute atomic E-state index is 0.0714. The number of rotatable bonds is 5. The number of H-pyrrole nitrogens is 1. The van der Waals surface area contributed by atoms with Crippen LogP contribution in [0.2, 0.25) is 0 Å². The van der Waals surface area contributed by atoms with Gasteiger partial charge in [-0.15, -0.1) is 0 Å². The molecule has 0 radical (unpaired) electrons. The number of benzene rings is 2. The fraction of sp³-hybridized carbons (Fsp3) is 0.333. The molecule has 2 heterocycles. The molecule has 1 unspecified atom stereocenters. The Morgan fingerprint density at radius 2 is 1.94 bits per heavy atom. The average Bonchev–Trinajstić information content (AvgIpc) is 3.22. The van der Waals surface area contributed by atoms with Crippen LogP contribution in [0.15, 0.2) is 24.3 Å². The third-order valence-electron chi connectivity index (χ3n) is 5.75. The van der Waals surface area contributed by atoms with E-state index in [9.17, 15) is 17.6 Å². The van der Waals surface area contributed by atoms with E-state index < -0.39 is 55.4 Å². The monoisotopic (exact) mass is 481 g/mol. The number of nitrogens with one attached hydrogen (secondary N) is 3. The van der Waals surface area contributed by atoms with Crippen molar-refractivity contribution in [1.82, 2.24) is 20.4 Å². The molecule has 1 fully saturated rings. The molecule has 1 aromatic heterocycles. The van der Waals surface area contributed by atoms with Crippen molar-refractivity contribution in [2.24, 2.45) is 0 Å². The molecule has 1 amide bonds. The molecule has 1 aliphatic rings. The number of hydrogen-bond donors (Lipinski definition) is 3. The summed E-state index contributed by atoms with van der Waals surface area (Å²) in [7, 11) is -0.787. The zero-order valence-electron chi connectivity index (χ0n) is 17.9. The molecule has 0 saturated carbocycles. The predicted molar refractivity (Wildman–Crippen MR) is 118 cm³/mol. The average molecular weight is 482 g/mol. The number of carbonyl (C=O) groups is 1. The summed E-state index contributed by atoms with van der Waals surface area (Å²) < 4.78 is 73.0. The van der Waals surface area contributed by atoms with Gasteiger partial charge in [0.1, 0.15) is 11.3 Å². The lowest BCUT2D eigenvalue weighted by atomic mass is 10.0. The Hall–Kier alpha value is -3.12. The first kappa shape index (κ1) is 23.1. The van der Waals surface area contributed by atoms with E-state index in [0.29, 0.717) is 12.8 Å². The van der Waals surface area contributed by atoms with Gasteiger partial charge in [0.15, 0.2) is 17.3 Å². The van der Waals surface area contributed by atoms with Crippen LogP contribution in [0.1, 0.15) is 23.3 Å². The van der Waals surface area contributed by atoms with Gasteiger partial charge in [-0.25, -0.2) is 21.6 Å². The Morgan fingerprint density at radius 3 is 2.64 bits per heavy atom. The molecule has 4 rings (SSSR count). The summed E-state index contributed by atoms with van der Waals surface area (Å²) in [4.78, 5) is 13.8. The maximum Gasteiger partial charge on any atom is 0.272 e. The van der Waals surface area contributed by atoms with Crippen molar-refractivity contribution in [1.29, 1.82) is 0 Å². The summed E-state index contributed by atoms with van der Waals surface area (Å²) in [5.74, 6) is -3.90. The van der Waals surface area contributed by atoms with Crippen molar-refractivity contribution in [3.8, 4) is 11.1 Å². The van der Waals surface area contributed by atoms with Crippen LogP contribution < -0.4 is 10.0 Å². The molecule has 3 aromatic rings. The van der Waals surface area contributed by atoms with Crippen molar-refractivity contribution in [2.45, 2.75) is 18.1 Å². The molecule has 0 aliphatic carbocycles. The number of hydrogen-bond acceptors (Lipinski definition) is 5. The van der Waals surface area contributed by atoms with Gasteiger partial charge in [-0.2, -0.15) is 5.10 Å². The summed E-state index contributed by atoms with van der Waals surface area (Å²) in [6.07, 6.45) is 1.08. The molecule has 2 aromatic carbocycles. The summed E-state index contributed by atoms with van der Waals surface area (Å²) in [6.45, 7) is 1.04. The highest BCUT2D eigenvalue weighted by molar-refractivity contribution is 7.93. The van der Waals surface area contributed by atoms with Gasteiger partial charge < -0.3 is 10.2 Å². The fourth-order valence-corrected chi connectivity index (χ4v) is 5.59. The molecule has 176 valence electrons. The Balaban J connectivity index is 1.75. The number of carbonyl (C=O) groups excluding carboxylic acids is 1. The largest absolute Gasteiger partial charge is 0.354 e. The second kappa shape index (κ2) is 8.67. The van der Waals surface area contributed by atoms with Crippen molar-refractivity contribution in [3.05, 3.63) is 47.4 Å². The van der Waals surface area contributed by atoms with Gasteiger partial charge in [0.05, 0.1) is 16.5 Å². The molecule has 12 heteroatoms. The number of fused-ring (bicyclic) bond motifs is 1. The van der Waals surface area contributed by atoms with Gasteiger partial charge in [0.2, 0.25) is 10.0 Å². The lowest BCUT2D eigenvalue weighted by Crippen LogP contribution is -2.42. The molecule has 1 saturated heterocycles. The Morgan fingerprint density at radius 1 is 1.18 bits per heavy atom. The van der Waals surface area contributed by atoms with E-state index in [1.54, 1.807) is 7.05 Å². The smallest absolute Gasteiger partial charge is 0.272 e. The number of nitrogens with zero attached hydrogens (tertiary/aromatic N) is 2. The minimum Gasteiger partial charge on any atom is -0.354 e. The van der Waals surface area contributed by atoms with Crippen molar-refractivity contribution in [2.75, 3.05) is 31.9 Å². The second-order valence-electron chi connectivity index (χ2n) is 7.96. The molecule has 8 nitrogen and oxygen atoms in total. The van der Waals surface area contributed by atoms with E-state index in [1.165, 1.54) is 13.1 Å². The molecule has 1 aliphatic heterocycles. The summed E-state index contributed by atoms with van der Waals surface area (Å²) >= 11 is 0. The van der Waals surface area contributed by atoms with Crippen LogP contribution in [-0.2, 0) is 10.0 Å². The second-order valence-corrected chi connectivity index (χ2v) is 9.92. The molecular weight excluding hydrogens is 459 g/mol. The lowest BCUT2D eigenvalue weighted by molar-refractivity contribution is 0.0959. The molecule has 0 spiro atoms. The standard InChI is InChI=1S/C21H22F3N5O3S/c1-25-21(30)20-13-6-5-12(17(23)19(13)26-27-20)16-14(22)7-8-15(18(16)24)28-33(31,32)11-4-3-9-29(2)10-11/h5-8,11,28H,3-4,9-10H2,1-2H3,(H,25,30)(H,26,27). The molecule has 3 N–H and O–H groups in total. The summed E-state index contributed by atoms with van der Waals surface area (Å²) in [6, 6.07) is 4.27. The highest BCUT2D eigenvalue weighted by atomic mass is 32.2. The van der Waals surface area contributed by atoms with E-state index in [2.05, 4.69) is 20.2 Å². The summed E-state index contributed by atoms with van der Waals surface area (Å²) in [5.41, 5.74) is -1.93. The molecular formula is C21H22F3N5O3S. The Labute approximate surface area is 188 Å². The van der Waals surface area contributed by atoms with Crippen LogP contribution in [-0.4, -0.2) is 61.9 Å². The molecule has 33 heavy (non-hydrogen) atoms. The van der Waals surface area contributed by atoms with Crippen molar-refractivity contribution >= 4 is 32.5 Å². The van der Waals surface area contributed by atoms with E-state index in [0.717, 1.165) is 24.7 Å². The van der Waals surface area contributed by atoms with E-state index in [4.69, 9.17) is 0 Å². The number of aromatic amines is 1. The quantitative estimate of drug-likeness (QED) is 0.520. The van der Waals surface area contributed by atoms with Gasteiger partial charge >= 0.3 is 0 Å². The van der Waals surface area contributed by atoms with Crippen LogP contribution in [0, 0.1) is 17.5 Å². The van der Waals surface area contributed by atoms with E-state index in [1.807, 2.05) is 4.90 Å². The first-order chi connectivity index (χ1) is 15.6. The first-order valence-corrected chi connectivity index (χ1v) is 11.8. The van der Waals surface area contributed by atoms with Crippen LogP contribution in [0.4, 0.5) is 18.9 Å². The van der Waals surface area contributed by atoms with Gasteiger partial charge in [-0.1, -0.05) is 6.07 Å². The Bertz CT molecular complexity index is 1340. The lowest BCUT2D eigenvalue weighted by Gasteiger charge is -2.29. The predicted octanol–water partition coefficient (Wildman–Crippen LogP) is 2.84. The topological polar surface area (TPSA) is 107 Å². The Kier molecular flexibility index (Phi) is 6.06. The van der Waals surface area contributed by atoms with Crippen LogP contribution in [0.25, 0.3) is 22.0 Å².